The second-order valence-corrected chi connectivity index (χ2v) is 9.96. The summed E-state index contributed by atoms with van der Waals surface area (Å²) in [5.74, 6) is 0. The van der Waals surface area contributed by atoms with E-state index in [2.05, 4.69) is 41.4 Å². The van der Waals surface area contributed by atoms with E-state index in [4.69, 9.17) is 9.64 Å². The lowest BCUT2D eigenvalue weighted by Crippen LogP contribution is -2.49. The fourth-order valence-electron chi connectivity index (χ4n) is 3.51. The number of nitrogens with one attached hydrogen (secondary N) is 1. The molecule has 31 heavy (non-hydrogen) atoms. The molecule has 4 nitrogen and oxygen atoms in total. The van der Waals surface area contributed by atoms with E-state index in [1.54, 1.807) is 32.7 Å². The highest BCUT2D eigenvalue weighted by atomic mass is 32.1. The second-order valence-electron chi connectivity index (χ2n) is 8.96. The zero-order chi connectivity index (χ0) is 21.8. The average molecular weight is 427 g/mol. The Bertz CT molecular complexity index is 1400. The van der Waals surface area contributed by atoms with E-state index >= 15 is 0 Å². The van der Waals surface area contributed by atoms with Crippen LogP contribution in [0.3, 0.4) is 0 Å². The number of thiazole rings is 1. The molecule has 155 valence electrons. The quantitative estimate of drug-likeness (QED) is 0.369. The van der Waals surface area contributed by atoms with Gasteiger partial charge in [-0.3, -0.25) is 0 Å². The molecule has 0 aliphatic carbocycles. The van der Waals surface area contributed by atoms with Gasteiger partial charge in [-0.1, -0.05) is 47.9 Å². The van der Waals surface area contributed by atoms with Gasteiger partial charge >= 0.3 is 7.48 Å². The minimum absolute atomic E-state index is 0.704. The molecule has 1 radical (unpaired) electrons. The number of hydrogen-bond acceptors (Lipinski definition) is 4. The van der Waals surface area contributed by atoms with Crippen LogP contribution in [0.4, 0.5) is 0 Å². The Balaban J connectivity index is 1.55. The van der Waals surface area contributed by atoms with Crippen molar-refractivity contribution in [3.63, 3.8) is 0 Å². The Morgan fingerprint density at radius 1 is 0.968 bits per heavy atom. The van der Waals surface area contributed by atoms with Crippen LogP contribution in [0, 0.1) is 0 Å². The average Bonchev–Trinajstić information content (AvgIpc) is 3.33. The van der Waals surface area contributed by atoms with E-state index < -0.39 is 11.2 Å². The van der Waals surface area contributed by atoms with Gasteiger partial charge in [-0.15, -0.1) is 11.3 Å². The van der Waals surface area contributed by atoms with Gasteiger partial charge in [0.1, 0.15) is 5.01 Å². The Morgan fingerprint density at radius 2 is 1.74 bits per heavy atom. The first-order chi connectivity index (χ1) is 14.7. The van der Waals surface area contributed by atoms with Gasteiger partial charge in [0.15, 0.2) is 0 Å². The molecule has 0 saturated heterocycles. The maximum Gasteiger partial charge on any atom is 0.330 e. The van der Waals surface area contributed by atoms with Crippen LogP contribution in [-0.4, -0.2) is 33.8 Å². The van der Waals surface area contributed by atoms with Crippen molar-refractivity contribution in [2.75, 3.05) is 0 Å². The summed E-state index contributed by atoms with van der Waals surface area (Å²) in [6, 6.07) is 20.7. The number of aromatic amines is 1. The van der Waals surface area contributed by atoms with Crippen molar-refractivity contribution in [1.29, 1.82) is 0 Å². The molecule has 2 N–H and O–H groups in total. The highest BCUT2D eigenvalue weighted by Crippen LogP contribution is 2.37. The summed E-state index contributed by atoms with van der Waals surface area (Å²) in [4.78, 5) is 8.43. The van der Waals surface area contributed by atoms with Gasteiger partial charge in [0.25, 0.3) is 0 Å². The third-order valence-corrected chi connectivity index (χ3v) is 7.27. The van der Waals surface area contributed by atoms with Crippen molar-refractivity contribution in [2.24, 2.45) is 0 Å². The van der Waals surface area contributed by atoms with Crippen LogP contribution in [0.1, 0.15) is 27.7 Å². The van der Waals surface area contributed by atoms with Gasteiger partial charge in [-0.25, -0.2) is 4.98 Å². The third kappa shape index (κ3) is 3.55. The maximum atomic E-state index is 10.3. The number of H-pyrrole nitrogens is 1. The number of nitrogens with zero attached hydrogens (tertiary/aromatic N) is 1. The van der Waals surface area contributed by atoms with Crippen LogP contribution in [-0.2, 0) is 4.65 Å². The Kier molecular flexibility index (Phi) is 4.70. The van der Waals surface area contributed by atoms with Crippen molar-refractivity contribution < 1.29 is 9.76 Å². The number of aliphatic hydroxyl groups is 1. The third-order valence-electron chi connectivity index (χ3n) is 6.13. The molecule has 0 amide bonds. The van der Waals surface area contributed by atoms with Crippen molar-refractivity contribution in [2.45, 2.75) is 38.9 Å². The van der Waals surface area contributed by atoms with Crippen LogP contribution < -0.4 is 5.46 Å². The van der Waals surface area contributed by atoms with Crippen LogP contribution >= 0.6 is 11.3 Å². The monoisotopic (exact) mass is 427 g/mol. The summed E-state index contributed by atoms with van der Waals surface area (Å²) < 4.78 is 7.11. The summed E-state index contributed by atoms with van der Waals surface area (Å²) in [5.41, 5.74) is 3.63. The maximum absolute atomic E-state index is 10.3. The minimum Gasteiger partial charge on any atom is -0.427 e. The van der Waals surface area contributed by atoms with Gasteiger partial charge < -0.3 is 14.7 Å². The zero-order valence-corrected chi connectivity index (χ0v) is 18.9. The van der Waals surface area contributed by atoms with Crippen molar-refractivity contribution >= 4 is 56.3 Å². The number of rotatable bonds is 5. The summed E-state index contributed by atoms with van der Waals surface area (Å²) in [7, 11) is 1.73. The van der Waals surface area contributed by atoms with E-state index in [0.717, 1.165) is 42.7 Å². The molecule has 5 aromatic rings. The fourth-order valence-corrected chi connectivity index (χ4v) is 4.58. The molecule has 2 heterocycles. The molecule has 0 unspecified atom stereocenters. The Morgan fingerprint density at radius 3 is 2.48 bits per heavy atom. The van der Waals surface area contributed by atoms with E-state index in [9.17, 15) is 5.11 Å². The molecule has 0 saturated carbocycles. The molecular formula is C25H24BN2O2S. The summed E-state index contributed by atoms with van der Waals surface area (Å²) in [6.07, 6.45) is 0. The van der Waals surface area contributed by atoms with Crippen LogP contribution in [0.5, 0.6) is 0 Å². The molecule has 0 aliphatic heterocycles. The molecule has 5 rings (SSSR count). The van der Waals surface area contributed by atoms with Crippen molar-refractivity contribution in [3.05, 3.63) is 60.7 Å². The molecular weight excluding hydrogens is 403 g/mol. The fraction of sp³-hybridized carbons (Fsp3) is 0.240. The molecule has 2 aromatic heterocycles. The van der Waals surface area contributed by atoms with Gasteiger partial charge in [0.05, 0.1) is 26.9 Å². The summed E-state index contributed by atoms with van der Waals surface area (Å²) in [6.45, 7) is 7.29. The molecule has 0 spiro atoms. The highest BCUT2D eigenvalue weighted by Gasteiger charge is 2.35. The first-order valence-electron chi connectivity index (χ1n) is 10.4. The predicted molar refractivity (Wildman–Crippen MR) is 131 cm³/mol. The standard InChI is InChI=1S/C25H24BN2O2S/c1-24(2,29)25(3,4)30-26-16-10-12-19-18(14-16)17-11-13-20-22(21(17)27-19)31-23(28-20)15-8-6-5-7-9-15/h5-14,27,29H,1-4H3. The van der Waals surface area contributed by atoms with E-state index in [-0.39, 0.29) is 0 Å². The molecule has 3 aromatic carbocycles. The van der Waals surface area contributed by atoms with Crippen molar-refractivity contribution in [3.8, 4) is 10.6 Å². The first-order valence-corrected chi connectivity index (χ1v) is 11.2. The number of aromatic nitrogens is 2. The SMILES string of the molecule is CC(C)(O)C(C)(C)O[B]c1ccc2[nH]c3c(ccc4nc(-c5ccccc5)sc43)c2c1. The Hall–Kier alpha value is -2.67. The number of fused-ring (bicyclic) bond motifs is 5. The molecule has 0 aliphatic rings. The lowest BCUT2D eigenvalue weighted by molar-refractivity contribution is -0.0893. The highest BCUT2D eigenvalue weighted by molar-refractivity contribution is 7.22. The van der Waals surface area contributed by atoms with E-state index in [1.807, 2.05) is 38.1 Å². The van der Waals surface area contributed by atoms with E-state index in [1.165, 1.54) is 5.39 Å². The van der Waals surface area contributed by atoms with E-state index in [0.29, 0.717) is 0 Å². The largest absolute Gasteiger partial charge is 0.427 e. The minimum atomic E-state index is -0.956. The Labute approximate surface area is 186 Å². The molecule has 6 heteroatoms. The molecule has 0 bridgehead atoms. The predicted octanol–water partition coefficient (Wildman–Crippen LogP) is 5.41. The van der Waals surface area contributed by atoms with Gasteiger partial charge in [0, 0.05) is 21.9 Å². The molecule has 0 fully saturated rings. The summed E-state index contributed by atoms with van der Waals surface area (Å²) >= 11 is 1.71. The zero-order valence-electron chi connectivity index (χ0n) is 18.1. The van der Waals surface area contributed by atoms with Crippen LogP contribution in [0.15, 0.2) is 60.7 Å². The lowest BCUT2D eigenvalue weighted by atomic mass is 9.82. The topological polar surface area (TPSA) is 58.1 Å². The van der Waals surface area contributed by atoms with Crippen LogP contribution in [0.2, 0.25) is 0 Å². The van der Waals surface area contributed by atoms with Gasteiger partial charge in [-0.2, -0.15) is 0 Å². The second kappa shape index (κ2) is 7.19. The smallest absolute Gasteiger partial charge is 0.330 e. The normalized spacial score (nSPS) is 12.8. The number of benzene rings is 3. The van der Waals surface area contributed by atoms with Crippen LogP contribution in [0.25, 0.3) is 42.6 Å². The van der Waals surface area contributed by atoms with Gasteiger partial charge in [0.2, 0.25) is 0 Å². The first kappa shape index (κ1) is 20.2. The molecule has 0 atom stereocenters. The van der Waals surface area contributed by atoms with Crippen molar-refractivity contribution in [1.82, 2.24) is 9.97 Å². The lowest BCUT2D eigenvalue weighted by Gasteiger charge is -2.37. The number of hydrogen-bond donors (Lipinski definition) is 2. The summed E-state index contributed by atoms with van der Waals surface area (Å²) in [5, 5.41) is 13.7. The van der Waals surface area contributed by atoms with Gasteiger partial charge in [-0.05, 0) is 45.9 Å².